The van der Waals surface area contributed by atoms with Gasteiger partial charge in [-0.05, 0) is 50.3 Å². The molecule has 1 saturated carbocycles. The highest BCUT2D eigenvalue weighted by Crippen LogP contribution is 2.31. The van der Waals surface area contributed by atoms with Crippen molar-refractivity contribution in [1.82, 2.24) is 10.3 Å². The molecule has 6 heteroatoms. The van der Waals surface area contributed by atoms with E-state index in [-0.39, 0.29) is 0 Å². The fourth-order valence-corrected chi connectivity index (χ4v) is 2.75. The molecular weight excluding hydrogens is 279 g/mol. The summed E-state index contributed by atoms with van der Waals surface area (Å²) in [4.78, 5) is 6.06. The Morgan fingerprint density at radius 1 is 1.19 bits per heavy atom. The third kappa shape index (κ3) is 3.87. The van der Waals surface area contributed by atoms with Gasteiger partial charge >= 0.3 is 6.18 Å². The molecule has 1 aliphatic heterocycles. The summed E-state index contributed by atoms with van der Waals surface area (Å²) in [7, 11) is 0. The smallest absolute Gasteiger partial charge is 0.357 e. The highest BCUT2D eigenvalue weighted by molar-refractivity contribution is 5.42. The predicted molar refractivity (Wildman–Crippen MR) is 75.2 cm³/mol. The second-order valence-corrected chi connectivity index (χ2v) is 6.01. The Balaban J connectivity index is 1.56. The number of hydrogen-bond donors (Lipinski definition) is 1. The number of pyridine rings is 1. The zero-order chi connectivity index (χ0) is 14.9. The summed E-state index contributed by atoms with van der Waals surface area (Å²) >= 11 is 0. The summed E-state index contributed by atoms with van der Waals surface area (Å²) < 4.78 is 38.2. The van der Waals surface area contributed by atoms with Gasteiger partial charge in [-0.25, -0.2) is 4.98 Å². The van der Waals surface area contributed by atoms with Crippen LogP contribution < -0.4 is 10.2 Å². The molecule has 3 rings (SSSR count). The van der Waals surface area contributed by atoms with Crippen molar-refractivity contribution in [2.75, 3.05) is 24.5 Å². The molecule has 0 amide bonds. The fourth-order valence-electron chi connectivity index (χ4n) is 2.75. The van der Waals surface area contributed by atoms with Crippen LogP contribution in [-0.2, 0) is 6.18 Å². The Morgan fingerprint density at radius 3 is 2.52 bits per heavy atom. The van der Waals surface area contributed by atoms with Gasteiger partial charge in [-0.1, -0.05) is 0 Å². The maximum atomic E-state index is 12.7. The van der Waals surface area contributed by atoms with E-state index in [1.54, 1.807) is 0 Å². The first-order valence-electron chi connectivity index (χ1n) is 7.54. The number of rotatable bonds is 4. The number of halogens is 3. The van der Waals surface area contributed by atoms with Gasteiger partial charge in [-0.15, -0.1) is 0 Å². The van der Waals surface area contributed by atoms with E-state index in [9.17, 15) is 13.2 Å². The SMILES string of the molecule is FC(F)(F)c1ccnc(N2CCC(CNC3CC3)CC2)c1. The molecule has 21 heavy (non-hydrogen) atoms. The van der Waals surface area contributed by atoms with Gasteiger partial charge in [0.1, 0.15) is 5.82 Å². The van der Waals surface area contributed by atoms with E-state index in [0.29, 0.717) is 17.8 Å². The van der Waals surface area contributed by atoms with Gasteiger partial charge in [0.15, 0.2) is 0 Å². The van der Waals surface area contributed by atoms with E-state index in [4.69, 9.17) is 0 Å². The molecule has 0 bridgehead atoms. The van der Waals surface area contributed by atoms with E-state index in [0.717, 1.165) is 44.6 Å². The number of nitrogens with zero attached hydrogens (tertiary/aromatic N) is 2. The van der Waals surface area contributed by atoms with Crippen LogP contribution in [0.4, 0.5) is 19.0 Å². The van der Waals surface area contributed by atoms with Crippen LogP contribution in [0.3, 0.4) is 0 Å². The van der Waals surface area contributed by atoms with Gasteiger partial charge in [0.05, 0.1) is 5.56 Å². The molecule has 0 spiro atoms. The van der Waals surface area contributed by atoms with Gasteiger partial charge in [-0.2, -0.15) is 13.2 Å². The van der Waals surface area contributed by atoms with E-state index in [1.165, 1.54) is 19.0 Å². The summed E-state index contributed by atoms with van der Waals surface area (Å²) in [6, 6.07) is 2.90. The van der Waals surface area contributed by atoms with Crippen LogP contribution in [0, 0.1) is 5.92 Å². The highest BCUT2D eigenvalue weighted by atomic mass is 19.4. The number of aromatic nitrogens is 1. The number of piperidine rings is 1. The predicted octanol–water partition coefficient (Wildman–Crippen LogP) is 3.07. The normalized spacial score (nSPS) is 20.8. The molecule has 1 aromatic rings. The van der Waals surface area contributed by atoms with Gasteiger partial charge < -0.3 is 10.2 Å². The van der Waals surface area contributed by atoms with Gasteiger partial charge in [0.2, 0.25) is 0 Å². The Hall–Kier alpha value is -1.30. The number of nitrogens with one attached hydrogen (secondary N) is 1. The van der Waals surface area contributed by atoms with Crippen LogP contribution in [0.25, 0.3) is 0 Å². The van der Waals surface area contributed by atoms with Crippen molar-refractivity contribution in [2.45, 2.75) is 37.9 Å². The quantitative estimate of drug-likeness (QED) is 0.926. The van der Waals surface area contributed by atoms with E-state index >= 15 is 0 Å². The molecule has 2 heterocycles. The van der Waals surface area contributed by atoms with Crippen molar-refractivity contribution in [3.8, 4) is 0 Å². The van der Waals surface area contributed by atoms with E-state index in [1.807, 2.05) is 4.90 Å². The van der Waals surface area contributed by atoms with Crippen molar-refractivity contribution in [1.29, 1.82) is 0 Å². The molecule has 2 fully saturated rings. The lowest BCUT2D eigenvalue weighted by Crippen LogP contribution is -2.38. The fraction of sp³-hybridized carbons (Fsp3) is 0.667. The lowest BCUT2D eigenvalue weighted by atomic mass is 9.96. The topological polar surface area (TPSA) is 28.2 Å². The van der Waals surface area contributed by atoms with E-state index in [2.05, 4.69) is 10.3 Å². The van der Waals surface area contributed by atoms with Crippen LogP contribution in [0.15, 0.2) is 18.3 Å². The Bertz CT molecular complexity index is 477. The first-order valence-corrected chi connectivity index (χ1v) is 7.54. The minimum atomic E-state index is -4.30. The molecule has 0 radical (unpaired) electrons. The van der Waals surface area contributed by atoms with Crippen molar-refractivity contribution >= 4 is 5.82 Å². The Morgan fingerprint density at radius 2 is 1.90 bits per heavy atom. The molecule has 0 aromatic carbocycles. The molecule has 0 atom stereocenters. The minimum Gasteiger partial charge on any atom is -0.357 e. The molecular formula is C15H20F3N3. The highest BCUT2D eigenvalue weighted by Gasteiger charge is 2.31. The zero-order valence-electron chi connectivity index (χ0n) is 11.9. The van der Waals surface area contributed by atoms with Gasteiger partial charge in [-0.3, -0.25) is 0 Å². The van der Waals surface area contributed by atoms with Crippen molar-refractivity contribution in [3.63, 3.8) is 0 Å². The number of anilines is 1. The molecule has 1 aromatic heterocycles. The summed E-state index contributed by atoms with van der Waals surface area (Å²) in [5, 5.41) is 3.53. The molecule has 2 aliphatic rings. The molecule has 1 N–H and O–H groups in total. The molecule has 3 nitrogen and oxygen atoms in total. The minimum absolute atomic E-state index is 0.443. The first kappa shape index (κ1) is 14.6. The van der Waals surface area contributed by atoms with Crippen LogP contribution in [0.1, 0.15) is 31.2 Å². The summed E-state index contributed by atoms with van der Waals surface area (Å²) in [6.07, 6.45) is 1.54. The summed E-state index contributed by atoms with van der Waals surface area (Å²) in [5.41, 5.74) is -0.620. The molecule has 1 saturated heterocycles. The third-order valence-corrected chi connectivity index (χ3v) is 4.28. The molecule has 116 valence electrons. The third-order valence-electron chi connectivity index (χ3n) is 4.28. The second-order valence-electron chi connectivity index (χ2n) is 6.01. The van der Waals surface area contributed by atoms with Crippen LogP contribution in [0.2, 0.25) is 0 Å². The van der Waals surface area contributed by atoms with Crippen molar-refractivity contribution in [2.24, 2.45) is 5.92 Å². The number of hydrogen-bond acceptors (Lipinski definition) is 3. The summed E-state index contributed by atoms with van der Waals surface area (Å²) in [6.45, 7) is 2.60. The number of alkyl halides is 3. The zero-order valence-corrected chi connectivity index (χ0v) is 11.9. The molecule has 1 aliphatic carbocycles. The van der Waals surface area contributed by atoms with Crippen LogP contribution in [-0.4, -0.2) is 30.7 Å². The Labute approximate surface area is 122 Å². The summed E-state index contributed by atoms with van der Waals surface area (Å²) in [5.74, 6) is 1.08. The second kappa shape index (κ2) is 5.83. The van der Waals surface area contributed by atoms with Crippen molar-refractivity contribution < 1.29 is 13.2 Å². The van der Waals surface area contributed by atoms with Gasteiger partial charge in [0.25, 0.3) is 0 Å². The standard InChI is InChI=1S/C15H20F3N3/c16-15(17,18)12-3-6-19-14(9-12)21-7-4-11(5-8-21)10-20-13-1-2-13/h3,6,9,11,13,20H,1-2,4-5,7-8,10H2. The molecule has 0 unspecified atom stereocenters. The van der Waals surface area contributed by atoms with Gasteiger partial charge in [0, 0.05) is 25.3 Å². The van der Waals surface area contributed by atoms with Crippen molar-refractivity contribution in [3.05, 3.63) is 23.9 Å². The average Bonchev–Trinajstić information content (AvgIpc) is 3.29. The largest absolute Gasteiger partial charge is 0.416 e. The first-order chi connectivity index (χ1) is 10.0. The van der Waals surface area contributed by atoms with E-state index < -0.39 is 11.7 Å². The average molecular weight is 299 g/mol. The monoisotopic (exact) mass is 299 g/mol. The maximum absolute atomic E-state index is 12.7. The van der Waals surface area contributed by atoms with Crippen LogP contribution in [0.5, 0.6) is 0 Å². The van der Waals surface area contributed by atoms with Crippen LogP contribution >= 0.6 is 0 Å². The lowest BCUT2D eigenvalue weighted by molar-refractivity contribution is -0.137. The lowest BCUT2D eigenvalue weighted by Gasteiger charge is -2.33. The maximum Gasteiger partial charge on any atom is 0.416 e. The Kier molecular flexibility index (Phi) is 4.06.